The zero-order valence-corrected chi connectivity index (χ0v) is 42.8. The SMILES string of the molecule is COC(=O)N[C@H](C(=O)N1C2CCCCC2C[C@H]1c1ncc(-c2ccc(C3=C4C=C(c5cnc([C@@H]6CC7CCCC8C(C)[C@H](NC(=O)OC)C(=O)N6C78)[nH]5)[C@@H](CCc5ccc(cc5)CC4)C3C)cc2)[nH]1)C(C)C. The molecule has 380 valence electrons. The number of nitrogens with zero attached hydrogens (tertiary/aromatic N) is 4. The first-order valence-corrected chi connectivity index (χ1v) is 27.0. The second-order valence-electron chi connectivity index (χ2n) is 22.5. The van der Waals surface area contributed by atoms with Gasteiger partial charge in [-0.15, -0.1) is 0 Å². The molecule has 14 heteroatoms. The van der Waals surface area contributed by atoms with Gasteiger partial charge in [0.05, 0.1) is 50.1 Å². The van der Waals surface area contributed by atoms with E-state index < -0.39 is 24.3 Å². The van der Waals surface area contributed by atoms with Crippen molar-refractivity contribution >= 4 is 35.1 Å². The summed E-state index contributed by atoms with van der Waals surface area (Å²) >= 11 is 0. The Kier molecular flexibility index (Phi) is 13.2. The predicted molar refractivity (Wildman–Crippen MR) is 275 cm³/mol. The molecule has 14 nitrogen and oxygen atoms in total. The summed E-state index contributed by atoms with van der Waals surface area (Å²) in [6.45, 7) is 8.43. The molecular formula is C58H72N8O6. The Labute approximate surface area is 423 Å². The summed E-state index contributed by atoms with van der Waals surface area (Å²) in [6, 6.07) is 16.6. The maximum atomic E-state index is 14.4. The van der Waals surface area contributed by atoms with Gasteiger partial charge < -0.3 is 39.9 Å². The number of allylic oxidation sites excluding steroid dienone is 4. The molecule has 10 aliphatic rings. The smallest absolute Gasteiger partial charge is 0.407 e. The number of hydrogen-bond donors (Lipinski definition) is 4. The number of hydrogen-bond acceptors (Lipinski definition) is 8. The fourth-order valence-corrected chi connectivity index (χ4v) is 14.7. The minimum absolute atomic E-state index is 0.0249. The van der Waals surface area contributed by atoms with Gasteiger partial charge in [0, 0.05) is 12.1 Å². The average molecular weight is 977 g/mol. The van der Waals surface area contributed by atoms with Crippen LogP contribution in [0.3, 0.4) is 0 Å². The summed E-state index contributed by atoms with van der Waals surface area (Å²) in [6.07, 6.45) is 18.2. The molecule has 72 heavy (non-hydrogen) atoms. The van der Waals surface area contributed by atoms with Crippen LogP contribution in [-0.2, 0) is 31.9 Å². The Morgan fingerprint density at radius 1 is 0.736 bits per heavy atom. The molecule has 3 saturated heterocycles. The number of alkyl carbamates (subject to hydrolysis) is 2. The van der Waals surface area contributed by atoms with Gasteiger partial charge in [-0.25, -0.2) is 19.6 Å². The van der Waals surface area contributed by atoms with Gasteiger partial charge in [0.1, 0.15) is 23.7 Å². The molecule has 5 heterocycles. The van der Waals surface area contributed by atoms with Crippen LogP contribution in [0.4, 0.5) is 9.59 Å². The fourth-order valence-electron chi connectivity index (χ4n) is 14.7. The van der Waals surface area contributed by atoms with Crippen LogP contribution in [0.25, 0.3) is 22.4 Å². The molecule has 4 aromatic rings. The minimum atomic E-state index is -0.697. The van der Waals surface area contributed by atoms with E-state index in [-0.39, 0.29) is 59.7 Å². The summed E-state index contributed by atoms with van der Waals surface area (Å²) in [4.78, 5) is 75.5. The molecule has 7 aliphatic carbocycles. The van der Waals surface area contributed by atoms with Gasteiger partial charge in [0.15, 0.2) is 0 Å². The number of piperidine rings is 1. The first kappa shape index (κ1) is 48.1. The third kappa shape index (κ3) is 8.63. The van der Waals surface area contributed by atoms with Crippen LogP contribution in [0.5, 0.6) is 0 Å². The molecule has 12 atom stereocenters. The number of likely N-dealkylation sites (tertiary alicyclic amines) is 1. The summed E-state index contributed by atoms with van der Waals surface area (Å²) in [5.74, 6) is 2.93. The molecule has 0 spiro atoms. The quantitative estimate of drug-likeness (QED) is 0.128. The van der Waals surface area contributed by atoms with Crippen molar-refractivity contribution in [2.24, 2.45) is 41.4 Å². The molecule has 7 unspecified atom stereocenters. The van der Waals surface area contributed by atoms with Crippen molar-refractivity contribution in [3.8, 4) is 11.3 Å². The summed E-state index contributed by atoms with van der Waals surface area (Å²) in [7, 11) is 2.68. The standard InChI is InChI=1S/C58H72N8O6/c1-31(2)50(63-57(69)71-5)55(67)65-46-13-8-7-10-38(46)27-47(65)53-59-29-44(61-53)36-21-23-37(24-22-36)49-32(3)41-25-19-35-16-14-34(15-17-35)18-20-39(49)26-43(41)45-30-60-54(62-45)48-28-40-11-9-12-42-33(4)51(64-58(70)72-6)56(68)66(48)52(40)42/h14-17,21-24,26,29-33,38,40-42,46-48,50-52H,7-13,18-20,25,27-28H2,1-6H3,(H,59,61)(H,60,62)(H,63,69)(H,64,70)/t32?,33?,38?,40?,41-,42?,46?,47-,48-,50-,51-,52?/m0/s1. The summed E-state index contributed by atoms with van der Waals surface area (Å²) < 4.78 is 9.91. The second kappa shape index (κ2) is 19.7. The summed E-state index contributed by atoms with van der Waals surface area (Å²) in [5.41, 5.74) is 10.8. The number of imidazole rings is 2. The highest BCUT2D eigenvalue weighted by atomic mass is 16.5. The van der Waals surface area contributed by atoms with Gasteiger partial charge in [0.2, 0.25) is 11.8 Å². The number of rotatable bonds is 9. The fraction of sp³-hybridized carbons (Fsp3) is 0.552. The molecule has 14 rings (SSSR count). The Balaban J connectivity index is 0.898. The lowest BCUT2D eigenvalue weighted by molar-refractivity contribution is -0.148. The van der Waals surface area contributed by atoms with Crippen molar-refractivity contribution in [3.05, 3.63) is 107 Å². The monoisotopic (exact) mass is 977 g/mol. The normalized spacial score (nSPS) is 30.3. The molecule has 2 saturated carbocycles. The van der Waals surface area contributed by atoms with Crippen LogP contribution in [-0.4, -0.2) is 92.1 Å². The lowest BCUT2D eigenvalue weighted by atomic mass is 9.68. The van der Waals surface area contributed by atoms with Gasteiger partial charge >= 0.3 is 12.2 Å². The van der Waals surface area contributed by atoms with Gasteiger partial charge in [-0.1, -0.05) is 102 Å². The van der Waals surface area contributed by atoms with Crippen LogP contribution >= 0.6 is 0 Å². The Bertz CT molecular complexity index is 2760. The highest BCUT2D eigenvalue weighted by Gasteiger charge is 2.58. The number of aromatic amines is 2. The van der Waals surface area contributed by atoms with E-state index in [1.54, 1.807) is 0 Å². The van der Waals surface area contributed by atoms with E-state index in [2.05, 4.69) is 94.0 Å². The van der Waals surface area contributed by atoms with Gasteiger partial charge in [-0.3, -0.25) is 9.59 Å². The molecule has 2 aromatic heterocycles. The number of carbonyl (C=O) groups is 4. The van der Waals surface area contributed by atoms with Crippen molar-refractivity contribution in [1.82, 2.24) is 40.4 Å². The van der Waals surface area contributed by atoms with Crippen LogP contribution in [0, 0.1) is 41.4 Å². The summed E-state index contributed by atoms with van der Waals surface area (Å²) in [5, 5.41) is 5.74. The Morgan fingerprint density at radius 3 is 2.12 bits per heavy atom. The predicted octanol–water partition coefficient (Wildman–Crippen LogP) is 10.1. The number of benzene rings is 2. The zero-order valence-electron chi connectivity index (χ0n) is 42.8. The maximum Gasteiger partial charge on any atom is 0.407 e. The van der Waals surface area contributed by atoms with Crippen molar-refractivity contribution in [1.29, 1.82) is 0 Å². The van der Waals surface area contributed by atoms with Crippen LogP contribution in [0.15, 0.2) is 72.6 Å². The Morgan fingerprint density at radius 2 is 1.39 bits per heavy atom. The topological polar surface area (TPSA) is 175 Å². The molecule has 4 N–H and O–H groups in total. The first-order valence-electron chi connectivity index (χ1n) is 27.0. The number of methoxy groups -OCH3 is 2. The number of amides is 4. The molecule has 3 aliphatic heterocycles. The van der Waals surface area contributed by atoms with Gasteiger partial charge in [-0.2, -0.15) is 0 Å². The van der Waals surface area contributed by atoms with E-state index in [0.717, 1.165) is 112 Å². The van der Waals surface area contributed by atoms with Crippen LogP contribution < -0.4 is 10.6 Å². The van der Waals surface area contributed by atoms with E-state index in [1.807, 2.05) is 31.1 Å². The van der Waals surface area contributed by atoms with Gasteiger partial charge in [-0.05, 0) is 145 Å². The molecular weight excluding hydrogens is 905 g/mol. The lowest BCUT2D eigenvalue weighted by Crippen LogP contribution is -2.63. The number of H-pyrrole nitrogens is 2. The largest absolute Gasteiger partial charge is 0.453 e. The molecule has 4 amide bonds. The zero-order chi connectivity index (χ0) is 49.9. The number of carbonyl (C=O) groups excluding carboxylic acids is 4. The third-order valence-electron chi connectivity index (χ3n) is 18.4. The minimum Gasteiger partial charge on any atom is -0.453 e. The number of ether oxygens (including phenoxy) is 2. The number of aryl methyl sites for hydroxylation is 2. The molecule has 5 fully saturated rings. The average Bonchev–Trinajstić information content (AvgIpc) is 4.22. The first-order chi connectivity index (χ1) is 34.9. The van der Waals surface area contributed by atoms with Crippen molar-refractivity contribution in [2.75, 3.05) is 14.2 Å². The van der Waals surface area contributed by atoms with E-state index in [0.29, 0.717) is 17.8 Å². The van der Waals surface area contributed by atoms with Crippen LogP contribution in [0.2, 0.25) is 0 Å². The number of aromatic nitrogens is 4. The van der Waals surface area contributed by atoms with E-state index in [1.165, 1.54) is 47.6 Å². The van der Waals surface area contributed by atoms with Gasteiger partial charge in [0.25, 0.3) is 0 Å². The number of nitrogens with one attached hydrogen (secondary N) is 4. The maximum absolute atomic E-state index is 14.4. The Hall–Kier alpha value is -6.18. The molecule has 4 bridgehead atoms. The molecule has 2 aromatic carbocycles. The highest BCUT2D eigenvalue weighted by Crippen LogP contribution is 2.54. The second-order valence-corrected chi connectivity index (χ2v) is 22.5. The van der Waals surface area contributed by atoms with E-state index in [9.17, 15) is 19.2 Å². The lowest BCUT2D eigenvalue weighted by Gasteiger charge is -2.49. The van der Waals surface area contributed by atoms with E-state index in [4.69, 9.17) is 19.4 Å². The van der Waals surface area contributed by atoms with Crippen molar-refractivity contribution < 1.29 is 28.7 Å². The third-order valence-corrected chi connectivity index (χ3v) is 18.4. The highest BCUT2D eigenvalue weighted by molar-refractivity contribution is 5.89. The van der Waals surface area contributed by atoms with Crippen molar-refractivity contribution in [2.45, 2.75) is 147 Å². The number of fused-ring (bicyclic) bond motifs is 1. The van der Waals surface area contributed by atoms with Crippen molar-refractivity contribution in [3.63, 3.8) is 0 Å². The van der Waals surface area contributed by atoms with Crippen LogP contribution in [0.1, 0.15) is 144 Å². The molecule has 0 radical (unpaired) electrons. The van der Waals surface area contributed by atoms with E-state index >= 15 is 0 Å².